The van der Waals surface area contributed by atoms with Crippen LogP contribution < -0.4 is 0 Å². The predicted octanol–water partition coefficient (Wildman–Crippen LogP) is 13.5. The maximum absolute atomic E-state index is 10.8. The van der Waals surface area contributed by atoms with Gasteiger partial charge >= 0.3 is 0 Å². The average molecular weight is 750 g/mol. The molecular weight excluding hydrogens is 723 g/mol. The van der Waals surface area contributed by atoms with Crippen molar-refractivity contribution in [3.05, 3.63) is 198 Å². The predicted molar refractivity (Wildman–Crippen MR) is 237 cm³/mol. The van der Waals surface area contributed by atoms with Crippen molar-refractivity contribution in [3.63, 3.8) is 0 Å². The van der Waals surface area contributed by atoms with E-state index in [1.165, 1.54) is 0 Å². The summed E-state index contributed by atoms with van der Waals surface area (Å²) in [7, 11) is 0. The highest BCUT2D eigenvalue weighted by atomic mass is 15.0. The fraction of sp³-hybridized carbons (Fsp3) is 0. The standard InChI is InChI=1S/C52H27N7/c1-55-34-22-26-48-42(28-34)39-13-4-7-17-45(39)59(48)50-20-10-19-49-51(50)41-14-5-8-18-46(41)58(49)44-16-6-3-12-38(44)37-24-23-36(27-33(37)31-54)57-47-25-21-35(56-2)29-43(47)40-15-9-11-32(30-53)52(40)57/h3-29H. The Bertz CT molecular complexity index is 3790. The Labute approximate surface area is 337 Å². The first kappa shape index (κ1) is 33.5. The first-order valence-corrected chi connectivity index (χ1v) is 19.0. The number of rotatable bonds is 4. The lowest BCUT2D eigenvalue weighted by Crippen LogP contribution is -2.00. The summed E-state index contributed by atoms with van der Waals surface area (Å²) in [6, 6.07) is 59.3. The molecule has 59 heavy (non-hydrogen) atoms. The highest BCUT2D eigenvalue weighted by molar-refractivity contribution is 6.17. The van der Waals surface area contributed by atoms with Gasteiger partial charge in [0.2, 0.25) is 0 Å². The monoisotopic (exact) mass is 749 g/mol. The normalized spacial score (nSPS) is 11.3. The quantitative estimate of drug-likeness (QED) is 0.168. The van der Waals surface area contributed by atoms with E-state index in [0.29, 0.717) is 22.5 Å². The second kappa shape index (κ2) is 12.8. The van der Waals surface area contributed by atoms with Crippen LogP contribution in [0.15, 0.2) is 164 Å². The van der Waals surface area contributed by atoms with E-state index in [0.717, 1.165) is 93.6 Å². The summed E-state index contributed by atoms with van der Waals surface area (Å²) in [4.78, 5) is 7.39. The first-order valence-electron chi connectivity index (χ1n) is 19.0. The van der Waals surface area contributed by atoms with Crippen molar-refractivity contribution in [2.24, 2.45) is 0 Å². The number of aromatic nitrogens is 3. The summed E-state index contributed by atoms with van der Waals surface area (Å²) in [5, 5.41) is 27.1. The molecule has 0 aliphatic carbocycles. The van der Waals surface area contributed by atoms with E-state index < -0.39 is 0 Å². The van der Waals surface area contributed by atoms with Gasteiger partial charge in [-0.3, -0.25) is 0 Å². The van der Waals surface area contributed by atoms with Gasteiger partial charge < -0.3 is 13.7 Å². The van der Waals surface area contributed by atoms with E-state index in [-0.39, 0.29) is 0 Å². The zero-order valence-corrected chi connectivity index (χ0v) is 31.2. The van der Waals surface area contributed by atoms with Crippen molar-refractivity contribution < 1.29 is 0 Å². The van der Waals surface area contributed by atoms with Crippen LogP contribution in [-0.4, -0.2) is 13.7 Å². The fourth-order valence-corrected chi connectivity index (χ4v) is 9.12. The van der Waals surface area contributed by atoms with Crippen LogP contribution in [0.5, 0.6) is 0 Å². The summed E-state index contributed by atoms with van der Waals surface area (Å²) in [5.41, 5.74) is 12.2. The van der Waals surface area contributed by atoms with Crippen molar-refractivity contribution >= 4 is 76.8 Å². The molecule has 11 aromatic rings. The number of fused-ring (bicyclic) bond motifs is 9. The van der Waals surface area contributed by atoms with Crippen molar-refractivity contribution in [1.82, 2.24) is 13.7 Å². The van der Waals surface area contributed by atoms with E-state index in [4.69, 9.17) is 13.1 Å². The van der Waals surface area contributed by atoms with Gasteiger partial charge in [0.1, 0.15) is 6.07 Å². The maximum Gasteiger partial charge on any atom is 0.188 e. The third-order valence-corrected chi connectivity index (χ3v) is 11.5. The van der Waals surface area contributed by atoms with Crippen LogP contribution in [0, 0.1) is 35.8 Å². The molecule has 270 valence electrons. The van der Waals surface area contributed by atoms with Crippen LogP contribution in [0.3, 0.4) is 0 Å². The third kappa shape index (κ3) is 4.78. The van der Waals surface area contributed by atoms with Gasteiger partial charge in [0.15, 0.2) is 11.4 Å². The number of hydrogen-bond donors (Lipinski definition) is 0. The van der Waals surface area contributed by atoms with E-state index in [1.54, 1.807) is 12.1 Å². The minimum atomic E-state index is 0.489. The molecule has 0 atom stereocenters. The summed E-state index contributed by atoms with van der Waals surface area (Å²) in [6.45, 7) is 15.3. The summed E-state index contributed by atoms with van der Waals surface area (Å²) < 4.78 is 6.63. The first-order chi connectivity index (χ1) is 29.1. The maximum atomic E-state index is 10.8. The number of nitrogens with zero attached hydrogens (tertiary/aromatic N) is 7. The Morgan fingerprint density at radius 3 is 1.71 bits per heavy atom. The highest BCUT2D eigenvalue weighted by Crippen LogP contribution is 2.43. The van der Waals surface area contributed by atoms with Gasteiger partial charge in [-0.1, -0.05) is 91.0 Å². The van der Waals surface area contributed by atoms with Crippen LogP contribution in [0.4, 0.5) is 11.4 Å². The molecule has 7 nitrogen and oxygen atoms in total. The topological polar surface area (TPSA) is 71.1 Å². The van der Waals surface area contributed by atoms with E-state index in [9.17, 15) is 10.5 Å². The molecule has 0 aliphatic heterocycles. The van der Waals surface area contributed by atoms with Crippen LogP contribution in [0.1, 0.15) is 11.1 Å². The van der Waals surface area contributed by atoms with Gasteiger partial charge in [0, 0.05) is 38.4 Å². The summed E-state index contributed by atoms with van der Waals surface area (Å²) >= 11 is 0. The molecule has 0 saturated carbocycles. The van der Waals surface area contributed by atoms with Crippen molar-refractivity contribution in [3.8, 4) is 40.3 Å². The number of benzene rings is 8. The molecule has 0 unspecified atom stereocenters. The van der Waals surface area contributed by atoms with E-state index >= 15 is 0 Å². The minimum absolute atomic E-state index is 0.489. The second-order valence-electron chi connectivity index (χ2n) is 14.5. The zero-order valence-electron chi connectivity index (χ0n) is 31.2. The van der Waals surface area contributed by atoms with Crippen LogP contribution >= 0.6 is 0 Å². The minimum Gasteiger partial charge on any atom is -0.309 e. The SMILES string of the molecule is [C-]#[N+]c1ccc2c(c1)c1ccccc1n2-c1cccc2c1c1ccccc1n2-c1ccccc1-c1ccc(-n2c3ccc([N+]#[C-])cc3c3cccc(C#N)c32)cc1C#N. The molecule has 0 amide bonds. The third-order valence-electron chi connectivity index (χ3n) is 11.5. The molecule has 3 heterocycles. The van der Waals surface area contributed by atoms with Gasteiger partial charge in [0.25, 0.3) is 0 Å². The number of nitriles is 2. The van der Waals surface area contributed by atoms with Crippen LogP contribution in [0.2, 0.25) is 0 Å². The van der Waals surface area contributed by atoms with E-state index in [2.05, 4.69) is 104 Å². The zero-order chi connectivity index (χ0) is 39.8. The molecule has 11 rings (SSSR count). The summed E-state index contributed by atoms with van der Waals surface area (Å²) in [5.74, 6) is 0. The Kier molecular flexibility index (Phi) is 7.28. The van der Waals surface area contributed by atoms with Crippen LogP contribution in [0.25, 0.3) is 103 Å². The Balaban J connectivity index is 1.15. The van der Waals surface area contributed by atoms with Gasteiger partial charge in [-0.2, -0.15) is 10.5 Å². The molecule has 0 spiro atoms. The molecule has 0 aliphatic rings. The molecule has 0 N–H and O–H groups in total. The lowest BCUT2D eigenvalue weighted by Gasteiger charge is -2.17. The molecular formula is C52H27N7. The van der Waals surface area contributed by atoms with Gasteiger partial charge in [-0.25, -0.2) is 9.69 Å². The molecule has 8 aromatic carbocycles. The number of hydrogen-bond acceptors (Lipinski definition) is 2. The lowest BCUT2D eigenvalue weighted by molar-refractivity contribution is 1.16. The molecule has 7 heteroatoms. The molecule has 0 radical (unpaired) electrons. The summed E-state index contributed by atoms with van der Waals surface area (Å²) in [6.07, 6.45) is 0. The Morgan fingerprint density at radius 1 is 0.407 bits per heavy atom. The molecule has 0 fully saturated rings. The molecule has 0 bridgehead atoms. The lowest BCUT2D eigenvalue weighted by atomic mass is 9.97. The average Bonchev–Trinajstić information content (AvgIpc) is 3.94. The van der Waals surface area contributed by atoms with Crippen molar-refractivity contribution in [1.29, 1.82) is 10.5 Å². The Hall–Kier alpha value is -8.88. The van der Waals surface area contributed by atoms with Crippen molar-refractivity contribution in [2.75, 3.05) is 0 Å². The smallest absolute Gasteiger partial charge is 0.188 e. The van der Waals surface area contributed by atoms with Gasteiger partial charge in [-0.05, 0) is 83.6 Å². The van der Waals surface area contributed by atoms with E-state index in [1.807, 2.05) is 83.4 Å². The highest BCUT2D eigenvalue weighted by Gasteiger charge is 2.23. The fourth-order valence-electron chi connectivity index (χ4n) is 9.12. The molecule has 3 aromatic heterocycles. The van der Waals surface area contributed by atoms with Crippen molar-refractivity contribution in [2.45, 2.75) is 0 Å². The number of para-hydroxylation sites is 4. The Morgan fingerprint density at radius 2 is 0.966 bits per heavy atom. The van der Waals surface area contributed by atoms with Crippen LogP contribution in [-0.2, 0) is 0 Å². The molecule has 0 saturated heterocycles. The van der Waals surface area contributed by atoms with Gasteiger partial charge in [-0.15, -0.1) is 0 Å². The largest absolute Gasteiger partial charge is 0.309 e. The second-order valence-corrected chi connectivity index (χ2v) is 14.5. The van der Waals surface area contributed by atoms with Gasteiger partial charge in [0.05, 0.1) is 74.8 Å².